The van der Waals surface area contributed by atoms with Crippen LogP contribution in [0.4, 0.5) is 0 Å². The van der Waals surface area contributed by atoms with Gasteiger partial charge in [0.25, 0.3) is 0 Å². The summed E-state index contributed by atoms with van der Waals surface area (Å²) in [7, 11) is 5.58. The fourth-order valence-electron chi connectivity index (χ4n) is 1.40. The topological polar surface area (TPSA) is 21.7 Å². The molecule has 1 aromatic rings. The smallest absolute Gasteiger partial charge is 0.194 e. The van der Waals surface area contributed by atoms with Crippen LogP contribution in [0, 0.1) is 0 Å². The Hall–Kier alpha value is -1.64. The monoisotopic (exact) mass is 221 g/mol. The molecule has 0 heterocycles. The zero-order valence-electron chi connectivity index (χ0n) is 10.6. The van der Waals surface area contributed by atoms with E-state index in [1.54, 1.807) is 7.11 Å². The molecular formula is C13H19NO2. The minimum Gasteiger partial charge on any atom is -0.497 e. The zero-order valence-corrected chi connectivity index (χ0v) is 10.6. The van der Waals surface area contributed by atoms with Crippen LogP contribution in [0.5, 0.6) is 11.5 Å². The van der Waals surface area contributed by atoms with Crippen LogP contribution >= 0.6 is 0 Å². The van der Waals surface area contributed by atoms with Gasteiger partial charge in [0.1, 0.15) is 11.5 Å². The first-order chi connectivity index (χ1) is 7.54. The van der Waals surface area contributed by atoms with E-state index in [-0.39, 0.29) is 0 Å². The van der Waals surface area contributed by atoms with Gasteiger partial charge < -0.3 is 14.4 Å². The maximum absolute atomic E-state index is 5.79. The average molecular weight is 221 g/mol. The SMILES string of the molecule is COc1ccc(OC(=C(C)C)N(C)C)cc1. The van der Waals surface area contributed by atoms with Crippen LogP contribution < -0.4 is 9.47 Å². The Labute approximate surface area is 97.3 Å². The zero-order chi connectivity index (χ0) is 12.1. The number of ether oxygens (including phenoxy) is 2. The van der Waals surface area contributed by atoms with Gasteiger partial charge in [-0.25, -0.2) is 0 Å². The molecule has 16 heavy (non-hydrogen) atoms. The molecule has 0 N–H and O–H groups in total. The average Bonchev–Trinajstić information content (AvgIpc) is 2.25. The quantitative estimate of drug-likeness (QED) is 0.730. The number of rotatable bonds is 4. The molecule has 0 saturated carbocycles. The molecule has 0 unspecified atom stereocenters. The molecule has 0 fully saturated rings. The van der Waals surface area contributed by atoms with Gasteiger partial charge in [0.05, 0.1) is 7.11 Å². The summed E-state index contributed by atoms with van der Waals surface area (Å²) in [5, 5.41) is 0. The minimum absolute atomic E-state index is 0.811. The van der Waals surface area contributed by atoms with Crippen LogP contribution in [0.25, 0.3) is 0 Å². The lowest BCUT2D eigenvalue weighted by Crippen LogP contribution is -2.17. The molecule has 0 amide bonds. The van der Waals surface area contributed by atoms with Crippen molar-refractivity contribution in [3.63, 3.8) is 0 Å². The highest BCUT2D eigenvalue weighted by Gasteiger charge is 2.05. The lowest BCUT2D eigenvalue weighted by molar-refractivity contribution is 0.275. The molecule has 0 saturated heterocycles. The molecule has 0 aliphatic carbocycles. The number of hydrogen-bond donors (Lipinski definition) is 0. The number of allylic oxidation sites excluding steroid dienone is 1. The van der Waals surface area contributed by atoms with Gasteiger partial charge in [-0.05, 0) is 43.7 Å². The number of benzene rings is 1. The molecule has 0 aromatic heterocycles. The maximum Gasteiger partial charge on any atom is 0.194 e. The van der Waals surface area contributed by atoms with E-state index in [0.29, 0.717) is 0 Å². The van der Waals surface area contributed by atoms with Crippen LogP contribution in [-0.2, 0) is 0 Å². The Morgan fingerprint density at radius 2 is 1.50 bits per heavy atom. The molecule has 0 atom stereocenters. The Morgan fingerprint density at radius 3 is 1.88 bits per heavy atom. The molecule has 1 aromatic carbocycles. The molecule has 0 aliphatic heterocycles. The highest BCUT2D eigenvalue weighted by Crippen LogP contribution is 2.20. The van der Waals surface area contributed by atoms with E-state index in [0.717, 1.165) is 23.0 Å². The van der Waals surface area contributed by atoms with E-state index >= 15 is 0 Å². The van der Waals surface area contributed by atoms with E-state index in [1.807, 2.05) is 57.1 Å². The fraction of sp³-hybridized carbons (Fsp3) is 0.385. The van der Waals surface area contributed by atoms with Gasteiger partial charge >= 0.3 is 0 Å². The summed E-state index contributed by atoms with van der Waals surface area (Å²) in [6.07, 6.45) is 0. The van der Waals surface area contributed by atoms with Gasteiger partial charge in [-0.2, -0.15) is 0 Å². The van der Waals surface area contributed by atoms with Crippen molar-refractivity contribution in [1.82, 2.24) is 4.90 Å². The van der Waals surface area contributed by atoms with E-state index in [2.05, 4.69) is 0 Å². The van der Waals surface area contributed by atoms with Crippen LogP contribution in [0.3, 0.4) is 0 Å². The molecule has 3 heteroatoms. The van der Waals surface area contributed by atoms with E-state index in [9.17, 15) is 0 Å². The Kier molecular flexibility index (Phi) is 4.23. The Morgan fingerprint density at radius 1 is 1.00 bits per heavy atom. The van der Waals surface area contributed by atoms with Crippen molar-refractivity contribution in [3.8, 4) is 11.5 Å². The second kappa shape index (κ2) is 5.45. The lowest BCUT2D eigenvalue weighted by atomic mass is 10.3. The molecular weight excluding hydrogens is 202 g/mol. The molecule has 1 rings (SSSR count). The summed E-state index contributed by atoms with van der Waals surface area (Å²) >= 11 is 0. The van der Waals surface area contributed by atoms with Gasteiger partial charge in [-0.15, -0.1) is 0 Å². The van der Waals surface area contributed by atoms with Crippen molar-refractivity contribution in [3.05, 3.63) is 35.7 Å². The molecule has 0 bridgehead atoms. The van der Waals surface area contributed by atoms with Gasteiger partial charge in [0.2, 0.25) is 0 Å². The van der Waals surface area contributed by atoms with Crippen molar-refractivity contribution in [2.24, 2.45) is 0 Å². The second-order valence-electron chi connectivity index (χ2n) is 3.98. The maximum atomic E-state index is 5.79. The fourth-order valence-corrected chi connectivity index (χ4v) is 1.40. The van der Waals surface area contributed by atoms with Crippen LogP contribution in [0.15, 0.2) is 35.7 Å². The summed E-state index contributed by atoms with van der Waals surface area (Å²) < 4.78 is 10.9. The van der Waals surface area contributed by atoms with Crippen molar-refractivity contribution < 1.29 is 9.47 Å². The first-order valence-electron chi connectivity index (χ1n) is 5.21. The summed E-state index contributed by atoms with van der Waals surface area (Å²) in [6, 6.07) is 7.55. The Bertz CT molecular complexity index is 362. The first kappa shape index (κ1) is 12.4. The van der Waals surface area contributed by atoms with Gasteiger partial charge in [0, 0.05) is 14.1 Å². The third-order valence-electron chi connectivity index (χ3n) is 2.11. The van der Waals surface area contributed by atoms with Crippen molar-refractivity contribution in [1.29, 1.82) is 0 Å². The predicted octanol–water partition coefficient (Wildman–Crippen LogP) is 2.89. The van der Waals surface area contributed by atoms with Gasteiger partial charge in [-0.1, -0.05) is 0 Å². The van der Waals surface area contributed by atoms with Crippen LogP contribution in [-0.4, -0.2) is 26.1 Å². The van der Waals surface area contributed by atoms with E-state index in [1.165, 1.54) is 0 Å². The van der Waals surface area contributed by atoms with Gasteiger partial charge in [-0.3, -0.25) is 0 Å². The lowest BCUT2D eigenvalue weighted by Gasteiger charge is -2.19. The Balaban J connectivity index is 2.83. The summed E-state index contributed by atoms with van der Waals surface area (Å²) in [5.41, 5.74) is 1.14. The molecule has 0 radical (unpaired) electrons. The molecule has 3 nitrogen and oxygen atoms in total. The normalized spacial score (nSPS) is 9.56. The standard InChI is InChI=1S/C13H19NO2/c1-10(2)13(14(3)4)16-12-8-6-11(15-5)7-9-12/h6-9H,1-5H3. The number of nitrogens with zero attached hydrogens (tertiary/aromatic N) is 1. The van der Waals surface area contributed by atoms with Crippen molar-refractivity contribution >= 4 is 0 Å². The largest absolute Gasteiger partial charge is 0.497 e. The number of methoxy groups -OCH3 is 1. The third kappa shape index (κ3) is 3.19. The number of hydrogen-bond acceptors (Lipinski definition) is 3. The molecule has 0 aliphatic rings. The van der Waals surface area contributed by atoms with Crippen LogP contribution in [0.2, 0.25) is 0 Å². The first-order valence-corrected chi connectivity index (χ1v) is 5.21. The summed E-state index contributed by atoms with van der Waals surface area (Å²) in [6.45, 7) is 4.05. The van der Waals surface area contributed by atoms with Gasteiger partial charge in [0.15, 0.2) is 5.88 Å². The molecule has 88 valence electrons. The van der Waals surface area contributed by atoms with Crippen molar-refractivity contribution in [2.75, 3.05) is 21.2 Å². The third-order valence-corrected chi connectivity index (χ3v) is 2.11. The van der Waals surface area contributed by atoms with E-state index in [4.69, 9.17) is 9.47 Å². The predicted molar refractivity (Wildman–Crippen MR) is 65.7 cm³/mol. The van der Waals surface area contributed by atoms with Crippen molar-refractivity contribution in [2.45, 2.75) is 13.8 Å². The molecule has 0 spiro atoms. The summed E-state index contributed by atoms with van der Waals surface area (Å²) in [5.74, 6) is 2.51. The minimum atomic E-state index is 0.811. The highest BCUT2D eigenvalue weighted by atomic mass is 16.5. The highest BCUT2D eigenvalue weighted by molar-refractivity contribution is 5.32. The second-order valence-corrected chi connectivity index (χ2v) is 3.98. The summed E-state index contributed by atoms with van der Waals surface area (Å²) in [4.78, 5) is 1.96. The van der Waals surface area contributed by atoms with Crippen LogP contribution in [0.1, 0.15) is 13.8 Å². The van der Waals surface area contributed by atoms with E-state index < -0.39 is 0 Å².